The average molecular weight is 286 g/mol. The van der Waals surface area contributed by atoms with Gasteiger partial charge in [0.05, 0.1) is 6.61 Å². The molecule has 0 aliphatic heterocycles. The van der Waals surface area contributed by atoms with Gasteiger partial charge < -0.3 is 14.6 Å². The third kappa shape index (κ3) is 5.61. The number of unbranched alkanes of at least 4 members (excludes halogenated alkanes) is 1. The van der Waals surface area contributed by atoms with E-state index < -0.39 is 5.97 Å². The molecule has 1 rings (SSSR count). The zero-order valence-electron chi connectivity index (χ0n) is 11.6. The van der Waals surface area contributed by atoms with Crippen LogP contribution in [0.5, 0.6) is 5.75 Å². The Labute approximate surface area is 118 Å². The minimum Gasteiger partial charge on any atom is -0.489 e. The fourth-order valence-electron chi connectivity index (χ4n) is 1.61. The van der Waals surface area contributed by atoms with Gasteiger partial charge in [0.1, 0.15) is 12.4 Å². The molecule has 0 radical (unpaired) electrons. The van der Waals surface area contributed by atoms with E-state index in [4.69, 9.17) is 14.6 Å². The molecule has 1 aromatic heterocycles. The van der Waals surface area contributed by atoms with Crippen molar-refractivity contribution in [3.63, 3.8) is 0 Å². The number of hydrogen-bond acceptors (Lipinski definition) is 4. The molecule has 0 amide bonds. The summed E-state index contributed by atoms with van der Waals surface area (Å²) in [5, 5.41) is 9.12. The molecule has 0 aliphatic rings. The van der Waals surface area contributed by atoms with Crippen molar-refractivity contribution in [2.24, 2.45) is 0 Å². The van der Waals surface area contributed by atoms with Crippen LogP contribution in [-0.4, -0.2) is 30.9 Å². The molecule has 0 saturated heterocycles. The molecule has 1 heterocycles. The first-order valence-corrected chi connectivity index (χ1v) is 7.57. The molecule has 0 aliphatic carbocycles. The van der Waals surface area contributed by atoms with Crippen molar-refractivity contribution in [1.82, 2.24) is 0 Å². The number of carboxylic acid groups (broad SMARTS) is 1. The summed E-state index contributed by atoms with van der Waals surface area (Å²) < 4.78 is 10.9. The normalized spacial score (nSPS) is 10.6. The van der Waals surface area contributed by atoms with Crippen LogP contribution in [0.15, 0.2) is 6.07 Å². The van der Waals surface area contributed by atoms with Gasteiger partial charge in [0, 0.05) is 11.5 Å². The van der Waals surface area contributed by atoms with Gasteiger partial charge in [-0.15, -0.1) is 11.3 Å². The first kappa shape index (κ1) is 16.0. The van der Waals surface area contributed by atoms with E-state index in [2.05, 4.69) is 13.8 Å². The highest BCUT2D eigenvalue weighted by molar-refractivity contribution is 7.14. The molecule has 0 bridgehead atoms. The SMILES string of the molecule is CCCCOCCOc1cc(CCC)sc1C(=O)O. The van der Waals surface area contributed by atoms with E-state index >= 15 is 0 Å². The molecule has 19 heavy (non-hydrogen) atoms. The first-order chi connectivity index (χ1) is 9.19. The maximum absolute atomic E-state index is 11.1. The maximum atomic E-state index is 11.1. The van der Waals surface area contributed by atoms with Gasteiger partial charge in [0.15, 0.2) is 4.88 Å². The van der Waals surface area contributed by atoms with Crippen LogP contribution in [0.4, 0.5) is 0 Å². The highest BCUT2D eigenvalue weighted by Gasteiger charge is 2.16. The van der Waals surface area contributed by atoms with Crippen LogP contribution in [0.2, 0.25) is 0 Å². The highest BCUT2D eigenvalue weighted by atomic mass is 32.1. The lowest BCUT2D eigenvalue weighted by atomic mass is 10.3. The number of hydrogen-bond donors (Lipinski definition) is 1. The number of rotatable bonds is 10. The van der Waals surface area contributed by atoms with Crippen molar-refractivity contribution in [2.75, 3.05) is 19.8 Å². The topological polar surface area (TPSA) is 55.8 Å². The van der Waals surface area contributed by atoms with Gasteiger partial charge in [-0.25, -0.2) is 4.79 Å². The van der Waals surface area contributed by atoms with Gasteiger partial charge in [-0.05, 0) is 18.9 Å². The van der Waals surface area contributed by atoms with Crippen LogP contribution in [0.3, 0.4) is 0 Å². The minimum atomic E-state index is -0.922. The molecule has 0 fully saturated rings. The van der Waals surface area contributed by atoms with Gasteiger partial charge in [-0.3, -0.25) is 0 Å². The quantitative estimate of drug-likeness (QED) is 0.668. The van der Waals surface area contributed by atoms with Gasteiger partial charge in [0.2, 0.25) is 0 Å². The Morgan fingerprint density at radius 2 is 2.05 bits per heavy atom. The molecule has 108 valence electrons. The molecule has 0 spiro atoms. The van der Waals surface area contributed by atoms with Crippen LogP contribution in [0, 0.1) is 0 Å². The Morgan fingerprint density at radius 3 is 2.68 bits per heavy atom. The number of ether oxygens (including phenoxy) is 2. The van der Waals surface area contributed by atoms with Crippen molar-refractivity contribution in [3.05, 3.63) is 15.8 Å². The molecule has 5 heteroatoms. The van der Waals surface area contributed by atoms with E-state index in [9.17, 15) is 4.79 Å². The smallest absolute Gasteiger partial charge is 0.349 e. The second-order valence-electron chi connectivity index (χ2n) is 4.28. The maximum Gasteiger partial charge on any atom is 0.349 e. The largest absolute Gasteiger partial charge is 0.489 e. The third-order valence-corrected chi connectivity index (χ3v) is 3.73. The number of carbonyl (C=O) groups is 1. The van der Waals surface area contributed by atoms with Crippen molar-refractivity contribution >= 4 is 17.3 Å². The standard InChI is InChI=1S/C14H22O4S/c1-3-5-7-17-8-9-18-12-10-11(6-4-2)19-13(12)14(15)16/h10H,3-9H2,1-2H3,(H,15,16). The van der Waals surface area contributed by atoms with Crippen molar-refractivity contribution in [2.45, 2.75) is 39.5 Å². The Balaban J connectivity index is 2.44. The summed E-state index contributed by atoms with van der Waals surface area (Å²) in [6, 6.07) is 1.84. The minimum absolute atomic E-state index is 0.289. The summed E-state index contributed by atoms with van der Waals surface area (Å²) in [5.74, 6) is -0.450. The summed E-state index contributed by atoms with van der Waals surface area (Å²) >= 11 is 1.30. The van der Waals surface area contributed by atoms with Gasteiger partial charge in [-0.1, -0.05) is 26.7 Å². The van der Waals surface area contributed by atoms with E-state index in [-0.39, 0.29) is 4.88 Å². The summed E-state index contributed by atoms with van der Waals surface area (Å²) in [5.41, 5.74) is 0. The lowest BCUT2D eigenvalue weighted by molar-refractivity contribution is 0.0691. The van der Waals surface area contributed by atoms with E-state index in [0.29, 0.717) is 19.0 Å². The Bertz CT molecular complexity index is 387. The fraction of sp³-hybridized carbons (Fsp3) is 0.643. The van der Waals surface area contributed by atoms with Gasteiger partial charge in [-0.2, -0.15) is 0 Å². The van der Waals surface area contributed by atoms with Crippen LogP contribution >= 0.6 is 11.3 Å². The van der Waals surface area contributed by atoms with E-state index in [1.54, 1.807) is 0 Å². The van der Waals surface area contributed by atoms with Crippen LogP contribution < -0.4 is 4.74 Å². The molecular weight excluding hydrogens is 264 g/mol. The van der Waals surface area contributed by atoms with Crippen molar-refractivity contribution < 1.29 is 19.4 Å². The van der Waals surface area contributed by atoms with Crippen molar-refractivity contribution in [1.29, 1.82) is 0 Å². The Hall–Kier alpha value is -1.07. The molecule has 1 aromatic rings. The second-order valence-corrected chi connectivity index (χ2v) is 5.41. The lowest BCUT2D eigenvalue weighted by Gasteiger charge is -2.06. The lowest BCUT2D eigenvalue weighted by Crippen LogP contribution is -2.08. The molecule has 4 nitrogen and oxygen atoms in total. The predicted octanol–water partition coefficient (Wildman–Crippen LogP) is 3.59. The zero-order valence-corrected chi connectivity index (χ0v) is 12.4. The number of aromatic carboxylic acids is 1. The molecule has 0 atom stereocenters. The third-order valence-electron chi connectivity index (χ3n) is 2.57. The Morgan fingerprint density at radius 1 is 1.26 bits per heavy atom. The van der Waals surface area contributed by atoms with Gasteiger partial charge in [0.25, 0.3) is 0 Å². The molecule has 0 unspecified atom stereocenters. The van der Waals surface area contributed by atoms with Gasteiger partial charge >= 0.3 is 5.97 Å². The van der Waals surface area contributed by atoms with E-state index in [0.717, 1.165) is 37.2 Å². The van der Waals surface area contributed by atoms with E-state index in [1.807, 2.05) is 6.07 Å². The monoisotopic (exact) mass is 286 g/mol. The average Bonchev–Trinajstić information content (AvgIpc) is 2.77. The molecule has 0 aromatic carbocycles. The summed E-state index contributed by atoms with van der Waals surface area (Å²) in [6.07, 6.45) is 4.04. The summed E-state index contributed by atoms with van der Waals surface area (Å²) in [7, 11) is 0. The Kier molecular flexibility index (Phi) is 7.52. The second kappa shape index (κ2) is 8.93. The first-order valence-electron chi connectivity index (χ1n) is 6.75. The number of carboxylic acids is 1. The zero-order chi connectivity index (χ0) is 14.1. The van der Waals surface area contributed by atoms with Crippen molar-refractivity contribution in [3.8, 4) is 5.75 Å². The fourth-order valence-corrected chi connectivity index (χ4v) is 2.65. The molecule has 0 saturated carbocycles. The number of thiophene rings is 1. The predicted molar refractivity (Wildman–Crippen MR) is 76.5 cm³/mol. The van der Waals surface area contributed by atoms with Crippen LogP contribution in [0.1, 0.15) is 47.7 Å². The molecule has 1 N–H and O–H groups in total. The van der Waals surface area contributed by atoms with Crippen LogP contribution in [-0.2, 0) is 11.2 Å². The highest BCUT2D eigenvalue weighted by Crippen LogP contribution is 2.30. The summed E-state index contributed by atoms with van der Waals surface area (Å²) in [6.45, 7) is 5.81. The van der Waals surface area contributed by atoms with Crippen LogP contribution in [0.25, 0.3) is 0 Å². The number of aryl methyl sites for hydroxylation is 1. The summed E-state index contributed by atoms with van der Waals surface area (Å²) in [4.78, 5) is 12.5. The molecular formula is C14H22O4S. The van der Waals surface area contributed by atoms with E-state index in [1.165, 1.54) is 11.3 Å².